The van der Waals surface area contributed by atoms with Crippen LogP contribution in [0.3, 0.4) is 0 Å². The smallest absolute Gasteiger partial charge is 0.273 e. The molecule has 0 radical (unpaired) electrons. The molecule has 0 saturated carbocycles. The van der Waals surface area contributed by atoms with Crippen molar-refractivity contribution in [3.8, 4) is 0 Å². The Morgan fingerprint density at radius 3 is 2.71 bits per heavy atom. The molecule has 5 nitrogen and oxygen atoms in total. The van der Waals surface area contributed by atoms with E-state index in [4.69, 9.17) is 0 Å². The molecule has 0 bridgehead atoms. The minimum Gasteiger partial charge on any atom is -0.325 e. The Morgan fingerprint density at radius 1 is 1.25 bits per heavy atom. The predicted molar refractivity (Wildman–Crippen MR) is 91.9 cm³/mol. The maximum atomic E-state index is 13.9. The highest BCUT2D eigenvalue weighted by atomic mass is 32.2. The lowest BCUT2D eigenvalue weighted by atomic mass is 10.3. The first-order chi connectivity index (χ1) is 11.5. The number of hydrogen-bond donors (Lipinski definition) is 0. The van der Waals surface area contributed by atoms with Crippen LogP contribution in [-0.4, -0.2) is 27.3 Å². The molecule has 126 valence electrons. The molecule has 0 spiro atoms. The molecule has 2 aromatic rings. The maximum Gasteiger partial charge on any atom is 0.273 e. The van der Waals surface area contributed by atoms with Gasteiger partial charge in [-0.1, -0.05) is 23.9 Å². The van der Waals surface area contributed by atoms with Gasteiger partial charge in [-0.25, -0.2) is 4.39 Å². The first kappa shape index (κ1) is 16.7. The molecular weight excluding hydrogens is 329 g/mol. The van der Waals surface area contributed by atoms with E-state index >= 15 is 0 Å². The summed E-state index contributed by atoms with van der Waals surface area (Å²) in [5.41, 5.74) is -0.0290. The van der Waals surface area contributed by atoms with Crippen molar-refractivity contribution >= 4 is 23.4 Å². The van der Waals surface area contributed by atoms with Gasteiger partial charge < -0.3 is 9.47 Å². The van der Waals surface area contributed by atoms with E-state index in [0.717, 1.165) is 0 Å². The summed E-state index contributed by atoms with van der Waals surface area (Å²) < 4.78 is 15.8. The standard InChI is InChI=1S/C17H18FN3O2S/c1-11(2)20-10-8-15(22)19-17(20)24-14-7-9-21(16(14)23)13-6-4-3-5-12(13)18/h3-6,8,10-11,14H,7,9H2,1-2H3/t14-/m1/s1. The van der Waals surface area contributed by atoms with Crippen molar-refractivity contribution in [3.05, 3.63) is 52.7 Å². The molecule has 1 amide bonds. The van der Waals surface area contributed by atoms with Gasteiger partial charge in [0.1, 0.15) is 5.82 Å². The summed E-state index contributed by atoms with van der Waals surface area (Å²) >= 11 is 1.27. The number of para-hydroxylation sites is 1. The average Bonchev–Trinajstić information content (AvgIpc) is 2.89. The van der Waals surface area contributed by atoms with E-state index in [9.17, 15) is 14.0 Å². The Balaban J connectivity index is 1.84. The maximum absolute atomic E-state index is 13.9. The van der Waals surface area contributed by atoms with Crippen molar-refractivity contribution in [1.29, 1.82) is 0 Å². The second-order valence-electron chi connectivity index (χ2n) is 5.89. The number of carbonyl (C=O) groups excluding carboxylic acids is 1. The summed E-state index contributed by atoms with van der Waals surface area (Å²) in [6.45, 7) is 4.42. The molecule has 3 rings (SSSR count). The Kier molecular flexibility index (Phi) is 4.71. The Hall–Kier alpha value is -2.15. The number of aromatic nitrogens is 2. The van der Waals surface area contributed by atoms with Gasteiger partial charge in [-0.05, 0) is 32.4 Å². The summed E-state index contributed by atoms with van der Waals surface area (Å²) in [6, 6.07) is 7.79. The Labute approximate surface area is 143 Å². The normalized spacial score (nSPS) is 17.8. The van der Waals surface area contributed by atoms with Crippen molar-refractivity contribution in [2.75, 3.05) is 11.4 Å². The van der Waals surface area contributed by atoms with E-state index in [1.54, 1.807) is 24.4 Å². The van der Waals surface area contributed by atoms with Gasteiger partial charge in [-0.2, -0.15) is 4.98 Å². The Morgan fingerprint density at radius 2 is 2.00 bits per heavy atom. The minimum atomic E-state index is -0.409. The van der Waals surface area contributed by atoms with Gasteiger partial charge in [0.15, 0.2) is 5.16 Å². The van der Waals surface area contributed by atoms with Crippen LogP contribution >= 0.6 is 11.8 Å². The van der Waals surface area contributed by atoms with Crippen LogP contribution in [0.15, 0.2) is 46.5 Å². The van der Waals surface area contributed by atoms with Crippen molar-refractivity contribution in [2.45, 2.75) is 36.7 Å². The molecule has 0 N–H and O–H groups in total. The number of anilines is 1. The zero-order valence-corrected chi connectivity index (χ0v) is 14.3. The molecule has 0 unspecified atom stereocenters. The number of hydrogen-bond acceptors (Lipinski definition) is 4. The largest absolute Gasteiger partial charge is 0.325 e. The van der Waals surface area contributed by atoms with Gasteiger partial charge in [0.25, 0.3) is 5.56 Å². The number of amides is 1. The van der Waals surface area contributed by atoms with Crippen LogP contribution in [0.1, 0.15) is 26.3 Å². The molecule has 1 aromatic carbocycles. The van der Waals surface area contributed by atoms with Crippen LogP contribution in [-0.2, 0) is 4.79 Å². The second kappa shape index (κ2) is 6.76. The van der Waals surface area contributed by atoms with Crippen LogP contribution in [0, 0.1) is 5.82 Å². The van der Waals surface area contributed by atoms with E-state index in [0.29, 0.717) is 23.8 Å². The van der Waals surface area contributed by atoms with E-state index in [1.165, 1.54) is 28.8 Å². The third kappa shape index (κ3) is 3.21. The number of benzene rings is 1. The van der Waals surface area contributed by atoms with E-state index in [1.807, 2.05) is 18.4 Å². The molecule has 7 heteroatoms. The topological polar surface area (TPSA) is 55.2 Å². The monoisotopic (exact) mass is 347 g/mol. The van der Waals surface area contributed by atoms with Crippen LogP contribution in [0.4, 0.5) is 10.1 Å². The van der Waals surface area contributed by atoms with E-state index in [2.05, 4.69) is 4.98 Å². The lowest BCUT2D eigenvalue weighted by molar-refractivity contribution is -0.116. The van der Waals surface area contributed by atoms with Crippen molar-refractivity contribution in [3.63, 3.8) is 0 Å². The third-order valence-electron chi connectivity index (χ3n) is 3.91. The van der Waals surface area contributed by atoms with Gasteiger partial charge in [-0.3, -0.25) is 9.59 Å². The number of rotatable bonds is 4. The summed E-state index contributed by atoms with van der Waals surface area (Å²) in [7, 11) is 0. The quantitative estimate of drug-likeness (QED) is 0.798. The molecule has 24 heavy (non-hydrogen) atoms. The SMILES string of the molecule is CC(C)n1ccc(=O)nc1S[C@@H]1CCN(c2ccccc2F)C1=O. The fourth-order valence-electron chi connectivity index (χ4n) is 2.68. The van der Waals surface area contributed by atoms with Gasteiger partial charge in [0.2, 0.25) is 5.91 Å². The molecule has 2 heterocycles. The molecule has 1 aliphatic heterocycles. The van der Waals surface area contributed by atoms with Crippen LogP contribution in [0.5, 0.6) is 0 Å². The number of nitrogens with zero attached hydrogens (tertiary/aromatic N) is 3. The lowest BCUT2D eigenvalue weighted by Crippen LogP contribution is -2.29. The predicted octanol–water partition coefficient (Wildman–Crippen LogP) is 2.86. The van der Waals surface area contributed by atoms with Crippen LogP contribution in [0.25, 0.3) is 0 Å². The summed E-state index contributed by atoms with van der Waals surface area (Å²) in [4.78, 5) is 29.7. The molecular formula is C17H18FN3O2S. The first-order valence-corrected chi connectivity index (χ1v) is 8.67. The number of thioether (sulfide) groups is 1. The van der Waals surface area contributed by atoms with Crippen molar-refractivity contribution in [2.24, 2.45) is 0 Å². The van der Waals surface area contributed by atoms with Crippen molar-refractivity contribution in [1.82, 2.24) is 9.55 Å². The first-order valence-electron chi connectivity index (χ1n) is 7.79. The van der Waals surface area contributed by atoms with Crippen molar-refractivity contribution < 1.29 is 9.18 Å². The number of halogens is 1. The number of carbonyl (C=O) groups is 1. The molecule has 1 fully saturated rings. The molecule has 1 aromatic heterocycles. The summed E-state index contributed by atoms with van der Waals surface area (Å²) in [5.74, 6) is -0.563. The molecule has 0 aliphatic carbocycles. The van der Waals surface area contributed by atoms with Gasteiger partial charge in [0, 0.05) is 24.8 Å². The zero-order valence-electron chi connectivity index (χ0n) is 13.5. The second-order valence-corrected chi connectivity index (χ2v) is 7.06. The summed E-state index contributed by atoms with van der Waals surface area (Å²) in [5, 5.41) is 0.148. The van der Waals surface area contributed by atoms with Crippen LogP contribution < -0.4 is 10.5 Å². The van der Waals surface area contributed by atoms with Gasteiger partial charge in [-0.15, -0.1) is 0 Å². The highest BCUT2D eigenvalue weighted by Crippen LogP contribution is 2.33. The highest BCUT2D eigenvalue weighted by molar-refractivity contribution is 8.00. The highest BCUT2D eigenvalue weighted by Gasteiger charge is 2.35. The van der Waals surface area contributed by atoms with Gasteiger partial charge >= 0.3 is 0 Å². The molecule has 1 atom stereocenters. The molecule has 1 aliphatic rings. The van der Waals surface area contributed by atoms with E-state index < -0.39 is 5.82 Å². The fraction of sp³-hybridized carbons (Fsp3) is 0.353. The lowest BCUT2D eigenvalue weighted by Gasteiger charge is -2.19. The Bertz CT molecular complexity index is 821. The minimum absolute atomic E-state index is 0.125. The van der Waals surface area contributed by atoms with E-state index in [-0.39, 0.29) is 22.8 Å². The average molecular weight is 347 g/mol. The fourth-order valence-corrected chi connectivity index (χ4v) is 3.92. The third-order valence-corrected chi connectivity index (χ3v) is 5.14. The van der Waals surface area contributed by atoms with Gasteiger partial charge in [0.05, 0.1) is 10.9 Å². The van der Waals surface area contributed by atoms with Crippen LogP contribution in [0.2, 0.25) is 0 Å². The molecule has 1 saturated heterocycles. The zero-order chi connectivity index (χ0) is 17.3. The summed E-state index contributed by atoms with van der Waals surface area (Å²) in [6.07, 6.45) is 2.27.